The van der Waals surface area contributed by atoms with Gasteiger partial charge in [0.15, 0.2) is 0 Å². The first-order chi connectivity index (χ1) is 7.86. The van der Waals surface area contributed by atoms with Crippen molar-refractivity contribution in [1.82, 2.24) is 0 Å². The standard InChI is InChI=1S/C7H7Br.C7H7I/c2*8-6-7-4-2-1-3-5-7/h2*1-5H,6H2. The average molecular weight is 389 g/mol. The molecule has 0 aromatic heterocycles. The molecule has 0 aliphatic heterocycles. The summed E-state index contributed by atoms with van der Waals surface area (Å²) in [6.07, 6.45) is 0. The lowest BCUT2D eigenvalue weighted by Gasteiger charge is -1.88. The summed E-state index contributed by atoms with van der Waals surface area (Å²) in [5.74, 6) is 0. The fourth-order valence-corrected chi connectivity index (χ4v) is 2.02. The van der Waals surface area contributed by atoms with E-state index in [1.165, 1.54) is 11.1 Å². The van der Waals surface area contributed by atoms with Crippen molar-refractivity contribution in [3.63, 3.8) is 0 Å². The van der Waals surface area contributed by atoms with Gasteiger partial charge in [0.05, 0.1) is 0 Å². The second kappa shape index (κ2) is 8.76. The third-order valence-corrected chi connectivity index (χ3v) is 3.52. The van der Waals surface area contributed by atoms with Gasteiger partial charge in [-0.15, -0.1) is 0 Å². The van der Waals surface area contributed by atoms with Crippen LogP contribution >= 0.6 is 38.5 Å². The molecule has 2 aromatic rings. The molecule has 0 atom stereocenters. The largest absolute Gasteiger partial charge is 0.0876 e. The van der Waals surface area contributed by atoms with Gasteiger partial charge in [-0.25, -0.2) is 0 Å². The number of rotatable bonds is 2. The monoisotopic (exact) mass is 388 g/mol. The SMILES string of the molecule is BrCc1ccccc1.ICc1ccccc1. The molecule has 0 aliphatic rings. The molecule has 0 saturated carbocycles. The van der Waals surface area contributed by atoms with Crippen LogP contribution in [0, 0.1) is 0 Å². The number of hydrogen-bond acceptors (Lipinski definition) is 0. The Kier molecular flexibility index (Phi) is 7.51. The second-order valence-electron chi connectivity index (χ2n) is 3.24. The minimum Gasteiger partial charge on any atom is -0.0876 e. The van der Waals surface area contributed by atoms with E-state index in [1.54, 1.807) is 0 Å². The Labute approximate surface area is 119 Å². The smallest absolute Gasteiger partial charge is 0.0283 e. The Morgan fingerprint density at radius 1 is 0.750 bits per heavy atom. The van der Waals surface area contributed by atoms with Crippen molar-refractivity contribution in [2.75, 3.05) is 0 Å². The van der Waals surface area contributed by atoms with Gasteiger partial charge in [0.2, 0.25) is 0 Å². The second-order valence-corrected chi connectivity index (χ2v) is 4.56. The summed E-state index contributed by atoms with van der Waals surface area (Å²) < 4.78 is 1.11. The van der Waals surface area contributed by atoms with Gasteiger partial charge < -0.3 is 0 Å². The summed E-state index contributed by atoms with van der Waals surface area (Å²) >= 11 is 5.71. The highest BCUT2D eigenvalue weighted by Crippen LogP contribution is 2.03. The lowest BCUT2D eigenvalue weighted by atomic mass is 10.2. The Morgan fingerprint density at radius 3 is 1.44 bits per heavy atom. The van der Waals surface area contributed by atoms with Gasteiger partial charge in [0.25, 0.3) is 0 Å². The van der Waals surface area contributed by atoms with Crippen LogP contribution in [0.2, 0.25) is 0 Å². The predicted octanol–water partition coefficient (Wildman–Crippen LogP) is 5.20. The van der Waals surface area contributed by atoms with E-state index in [-0.39, 0.29) is 0 Å². The van der Waals surface area contributed by atoms with Crippen LogP contribution < -0.4 is 0 Å². The van der Waals surface area contributed by atoms with Gasteiger partial charge in [-0.3, -0.25) is 0 Å². The van der Waals surface area contributed by atoms with Crippen LogP contribution in [-0.4, -0.2) is 0 Å². The Bertz CT molecular complexity index is 333. The van der Waals surface area contributed by atoms with Crippen molar-refractivity contribution in [2.45, 2.75) is 9.76 Å². The molecule has 0 amide bonds. The molecule has 0 nitrogen and oxygen atoms in total. The molecule has 0 saturated heterocycles. The highest BCUT2D eigenvalue weighted by atomic mass is 127. The first kappa shape index (κ1) is 13.7. The van der Waals surface area contributed by atoms with E-state index in [4.69, 9.17) is 0 Å². The molecule has 2 rings (SSSR count). The van der Waals surface area contributed by atoms with Gasteiger partial charge in [-0.2, -0.15) is 0 Å². The van der Waals surface area contributed by atoms with Crippen molar-refractivity contribution in [1.29, 1.82) is 0 Å². The third kappa shape index (κ3) is 5.66. The summed E-state index contributed by atoms with van der Waals surface area (Å²) in [7, 11) is 0. The predicted molar refractivity (Wildman–Crippen MR) is 83.2 cm³/mol. The zero-order valence-corrected chi connectivity index (χ0v) is 12.7. The van der Waals surface area contributed by atoms with Crippen molar-refractivity contribution in [3.8, 4) is 0 Å². The fraction of sp³-hybridized carbons (Fsp3) is 0.143. The summed E-state index contributed by atoms with van der Waals surface area (Å²) in [5.41, 5.74) is 2.72. The Hall–Kier alpha value is -0.350. The van der Waals surface area contributed by atoms with Crippen molar-refractivity contribution in [3.05, 3.63) is 71.8 Å². The molecule has 0 N–H and O–H groups in total. The maximum Gasteiger partial charge on any atom is 0.0283 e. The van der Waals surface area contributed by atoms with Crippen LogP contribution in [0.15, 0.2) is 60.7 Å². The van der Waals surface area contributed by atoms with Crippen molar-refractivity contribution in [2.24, 2.45) is 0 Å². The van der Waals surface area contributed by atoms with Gasteiger partial charge in [-0.1, -0.05) is 99.2 Å². The Balaban J connectivity index is 0.000000160. The lowest BCUT2D eigenvalue weighted by molar-refractivity contribution is 1.44. The van der Waals surface area contributed by atoms with E-state index in [9.17, 15) is 0 Å². The van der Waals surface area contributed by atoms with E-state index < -0.39 is 0 Å². The normalized spacial score (nSPS) is 9.12. The molecule has 0 heterocycles. The molecular weight excluding hydrogens is 375 g/mol. The Morgan fingerprint density at radius 2 is 1.19 bits per heavy atom. The van der Waals surface area contributed by atoms with E-state index in [1.807, 2.05) is 24.3 Å². The zero-order valence-electron chi connectivity index (χ0n) is 8.94. The summed E-state index contributed by atoms with van der Waals surface area (Å²) in [6.45, 7) is 0. The van der Waals surface area contributed by atoms with Crippen LogP contribution in [0.4, 0.5) is 0 Å². The molecule has 0 spiro atoms. The minimum atomic E-state index is 0.952. The molecule has 2 aromatic carbocycles. The highest BCUT2D eigenvalue weighted by Gasteiger charge is 1.81. The van der Waals surface area contributed by atoms with E-state index in [0.29, 0.717) is 0 Å². The molecule has 0 aliphatic carbocycles. The topological polar surface area (TPSA) is 0 Å². The number of halogens is 2. The van der Waals surface area contributed by atoms with E-state index in [2.05, 4.69) is 74.9 Å². The minimum absolute atomic E-state index is 0.952. The van der Waals surface area contributed by atoms with Gasteiger partial charge in [0, 0.05) is 9.76 Å². The molecule has 16 heavy (non-hydrogen) atoms. The molecule has 0 radical (unpaired) electrons. The number of benzene rings is 2. The van der Waals surface area contributed by atoms with Crippen LogP contribution in [0.25, 0.3) is 0 Å². The summed E-state index contributed by atoms with van der Waals surface area (Å²) in [6, 6.07) is 20.7. The van der Waals surface area contributed by atoms with E-state index >= 15 is 0 Å². The summed E-state index contributed by atoms with van der Waals surface area (Å²) in [4.78, 5) is 0. The summed E-state index contributed by atoms with van der Waals surface area (Å²) in [5, 5.41) is 0.952. The first-order valence-corrected chi connectivity index (χ1v) is 7.71. The van der Waals surface area contributed by atoms with Crippen LogP contribution in [0.3, 0.4) is 0 Å². The van der Waals surface area contributed by atoms with Crippen LogP contribution in [0.5, 0.6) is 0 Å². The van der Waals surface area contributed by atoms with Gasteiger partial charge in [-0.05, 0) is 11.1 Å². The molecule has 0 bridgehead atoms. The molecular formula is C14H14BrI. The third-order valence-electron chi connectivity index (χ3n) is 1.99. The molecule has 0 fully saturated rings. The first-order valence-electron chi connectivity index (χ1n) is 5.06. The maximum atomic E-state index is 3.36. The molecule has 84 valence electrons. The lowest BCUT2D eigenvalue weighted by Crippen LogP contribution is -1.70. The van der Waals surface area contributed by atoms with Crippen LogP contribution in [0.1, 0.15) is 11.1 Å². The zero-order chi connectivity index (χ0) is 11.6. The fourth-order valence-electron chi connectivity index (χ4n) is 1.13. The van der Waals surface area contributed by atoms with Crippen molar-refractivity contribution < 1.29 is 0 Å². The van der Waals surface area contributed by atoms with Gasteiger partial charge >= 0.3 is 0 Å². The number of alkyl halides is 2. The van der Waals surface area contributed by atoms with Gasteiger partial charge in [0.1, 0.15) is 0 Å². The molecule has 0 unspecified atom stereocenters. The number of hydrogen-bond donors (Lipinski definition) is 0. The average Bonchev–Trinajstić information content (AvgIpc) is 2.41. The highest BCUT2D eigenvalue weighted by molar-refractivity contribution is 14.1. The molecule has 2 heteroatoms. The van der Waals surface area contributed by atoms with Crippen molar-refractivity contribution >= 4 is 38.5 Å². The van der Waals surface area contributed by atoms with Crippen LogP contribution in [-0.2, 0) is 9.76 Å². The maximum absolute atomic E-state index is 3.36. The van der Waals surface area contributed by atoms with E-state index in [0.717, 1.165) is 9.76 Å². The quantitative estimate of drug-likeness (QED) is 0.489.